The zero-order chi connectivity index (χ0) is 12.7. The summed E-state index contributed by atoms with van der Waals surface area (Å²) in [6, 6.07) is 1.29. The van der Waals surface area contributed by atoms with Gasteiger partial charge < -0.3 is 19.7 Å². The van der Waals surface area contributed by atoms with Crippen molar-refractivity contribution in [3.63, 3.8) is 0 Å². The molecule has 0 saturated carbocycles. The van der Waals surface area contributed by atoms with E-state index in [-0.39, 0.29) is 18.8 Å². The van der Waals surface area contributed by atoms with Crippen LogP contribution in [0.3, 0.4) is 0 Å². The van der Waals surface area contributed by atoms with E-state index < -0.39 is 19.0 Å². The Kier molecular flexibility index (Phi) is 5.50. The summed E-state index contributed by atoms with van der Waals surface area (Å²) in [6.45, 7) is 0.172. The van der Waals surface area contributed by atoms with Gasteiger partial charge in [-0.1, -0.05) is 5.16 Å². The Morgan fingerprint density at radius 1 is 1.65 bits per heavy atom. The highest BCUT2D eigenvalue weighted by atomic mass is 19.3. The fourth-order valence-corrected chi connectivity index (χ4v) is 1.03. The van der Waals surface area contributed by atoms with Gasteiger partial charge in [-0.3, -0.25) is 0 Å². The Bertz CT molecular complexity index is 357. The van der Waals surface area contributed by atoms with E-state index in [0.717, 1.165) is 0 Å². The molecule has 6 nitrogen and oxygen atoms in total. The van der Waals surface area contributed by atoms with Crippen LogP contribution in [0, 0.1) is 0 Å². The summed E-state index contributed by atoms with van der Waals surface area (Å²) in [5.74, 6) is -0.809. The lowest BCUT2D eigenvalue weighted by Gasteiger charge is -2.03. The molecule has 0 aliphatic rings. The second-order valence-electron chi connectivity index (χ2n) is 3.13. The van der Waals surface area contributed by atoms with Crippen molar-refractivity contribution in [3.8, 4) is 0 Å². The zero-order valence-corrected chi connectivity index (χ0v) is 8.86. The maximum atomic E-state index is 11.7. The smallest absolute Gasteiger partial charge is 0.358 e. The summed E-state index contributed by atoms with van der Waals surface area (Å²) in [5, 5.41) is 14.7. The van der Waals surface area contributed by atoms with Crippen LogP contribution in [-0.4, -0.2) is 42.4 Å². The van der Waals surface area contributed by atoms with E-state index in [2.05, 4.69) is 15.2 Å². The minimum atomic E-state index is -2.47. The number of alkyl halides is 2. The minimum Gasteiger partial charge on any atom is -0.476 e. The molecule has 1 heterocycles. The maximum Gasteiger partial charge on any atom is 0.358 e. The van der Waals surface area contributed by atoms with Gasteiger partial charge in [0.2, 0.25) is 0 Å². The maximum absolute atomic E-state index is 11.7. The molecule has 0 aliphatic heterocycles. The van der Waals surface area contributed by atoms with Crippen LogP contribution in [0.2, 0.25) is 0 Å². The SMILES string of the molecule is O=C(O)c1cc(CNCCOCC(F)F)on1. The Hall–Kier alpha value is -1.54. The molecule has 17 heavy (non-hydrogen) atoms. The van der Waals surface area contributed by atoms with E-state index in [1.807, 2.05) is 0 Å². The number of hydrogen-bond acceptors (Lipinski definition) is 5. The van der Waals surface area contributed by atoms with Gasteiger partial charge in [-0.05, 0) is 0 Å². The van der Waals surface area contributed by atoms with Crippen LogP contribution in [0.1, 0.15) is 16.2 Å². The molecule has 0 bridgehead atoms. The third-order valence-corrected chi connectivity index (χ3v) is 1.74. The fourth-order valence-electron chi connectivity index (χ4n) is 1.03. The molecule has 0 atom stereocenters. The largest absolute Gasteiger partial charge is 0.476 e. The number of carbonyl (C=O) groups is 1. The predicted molar refractivity (Wildman–Crippen MR) is 52.0 cm³/mol. The molecule has 1 rings (SSSR count). The average molecular weight is 250 g/mol. The van der Waals surface area contributed by atoms with Gasteiger partial charge in [0.05, 0.1) is 13.2 Å². The molecule has 1 aromatic heterocycles. The Morgan fingerprint density at radius 3 is 3.00 bits per heavy atom. The van der Waals surface area contributed by atoms with Crippen molar-refractivity contribution < 1.29 is 27.9 Å². The highest BCUT2D eigenvalue weighted by molar-refractivity contribution is 5.85. The number of nitrogens with one attached hydrogen (secondary N) is 1. The summed E-state index contributed by atoms with van der Waals surface area (Å²) in [7, 11) is 0. The summed E-state index contributed by atoms with van der Waals surface area (Å²) in [6.07, 6.45) is -2.47. The van der Waals surface area contributed by atoms with Gasteiger partial charge in [0.1, 0.15) is 6.61 Å². The number of nitrogens with zero attached hydrogens (tertiary/aromatic N) is 1. The first-order valence-corrected chi connectivity index (χ1v) is 4.85. The Labute approximate surface area is 95.5 Å². The van der Waals surface area contributed by atoms with Crippen molar-refractivity contribution in [2.45, 2.75) is 13.0 Å². The van der Waals surface area contributed by atoms with Crippen molar-refractivity contribution in [3.05, 3.63) is 17.5 Å². The number of aromatic carboxylic acids is 1. The molecule has 0 spiro atoms. The summed E-state index contributed by atoms with van der Waals surface area (Å²) in [5.41, 5.74) is -0.171. The average Bonchev–Trinajstić information content (AvgIpc) is 2.71. The van der Waals surface area contributed by atoms with Crippen molar-refractivity contribution in [1.29, 1.82) is 0 Å². The molecular formula is C9H12F2N2O4. The van der Waals surface area contributed by atoms with E-state index >= 15 is 0 Å². The van der Waals surface area contributed by atoms with Crippen LogP contribution in [0.4, 0.5) is 8.78 Å². The molecule has 0 amide bonds. The predicted octanol–water partition coefficient (Wildman–Crippen LogP) is 0.744. The Balaban J connectivity index is 2.11. The first-order chi connectivity index (χ1) is 8.09. The van der Waals surface area contributed by atoms with E-state index in [4.69, 9.17) is 9.63 Å². The lowest BCUT2D eigenvalue weighted by molar-refractivity contribution is 0.0186. The second-order valence-corrected chi connectivity index (χ2v) is 3.13. The Morgan fingerprint density at radius 2 is 2.41 bits per heavy atom. The van der Waals surface area contributed by atoms with Crippen LogP contribution in [-0.2, 0) is 11.3 Å². The van der Waals surface area contributed by atoms with Crippen LogP contribution in [0.5, 0.6) is 0 Å². The zero-order valence-electron chi connectivity index (χ0n) is 8.86. The minimum absolute atomic E-state index is 0.143. The number of aromatic nitrogens is 1. The van der Waals surface area contributed by atoms with Gasteiger partial charge in [0, 0.05) is 12.6 Å². The standard InChI is InChI=1S/C9H12F2N2O4/c10-8(11)5-16-2-1-12-4-6-3-7(9(14)15)13-17-6/h3,8,12H,1-2,4-5H2,(H,14,15). The molecule has 0 aliphatic carbocycles. The lowest BCUT2D eigenvalue weighted by atomic mass is 10.3. The number of carboxylic acid groups (broad SMARTS) is 1. The quantitative estimate of drug-likeness (QED) is 0.662. The summed E-state index contributed by atoms with van der Waals surface area (Å²) >= 11 is 0. The second kappa shape index (κ2) is 6.92. The van der Waals surface area contributed by atoms with E-state index in [1.54, 1.807) is 0 Å². The molecule has 0 radical (unpaired) electrons. The van der Waals surface area contributed by atoms with E-state index in [9.17, 15) is 13.6 Å². The van der Waals surface area contributed by atoms with Gasteiger partial charge in [0.15, 0.2) is 11.5 Å². The van der Waals surface area contributed by atoms with Crippen molar-refractivity contribution in [2.75, 3.05) is 19.8 Å². The normalized spacial score (nSPS) is 11.0. The monoisotopic (exact) mass is 250 g/mol. The van der Waals surface area contributed by atoms with Crippen LogP contribution >= 0.6 is 0 Å². The third-order valence-electron chi connectivity index (χ3n) is 1.74. The van der Waals surface area contributed by atoms with Crippen LogP contribution < -0.4 is 5.32 Å². The van der Waals surface area contributed by atoms with Crippen molar-refractivity contribution >= 4 is 5.97 Å². The lowest BCUT2D eigenvalue weighted by Crippen LogP contribution is -2.20. The van der Waals surface area contributed by atoms with Crippen LogP contribution in [0.25, 0.3) is 0 Å². The summed E-state index contributed by atoms with van der Waals surface area (Å²) in [4.78, 5) is 10.5. The molecule has 8 heteroatoms. The van der Waals surface area contributed by atoms with E-state index in [0.29, 0.717) is 12.3 Å². The van der Waals surface area contributed by atoms with Crippen molar-refractivity contribution in [2.24, 2.45) is 0 Å². The fraction of sp³-hybridized carbons (Fsp3) is 0.556. The van der Waals surface area contributed by atoms with Gasteiger partial charge >= 0.3 is 5.97 Å². The number of halogens is 2. The number of carboxylic acids is 1. The molecule has 1 aromatic rings. The third kappa shape index (κ3) is 5.36. The van der Waals surface area contributed by atoms with Gasteiger partial charge in [-0.2, -0.15) is 0 Å². The molecule has 96 valence electrons. The molecule has 0 fully saturated rings. The van der Waals surface area contributed by atoms with Crippen molar-refractivity contribution in [1.82, 2.24) is 10.5 Å². The molecule has 0 aromatic carbocycles. The number of ether oxygens (including phenoxy) is 1. The first-order valence-electron chi connectivity index (χ1n) is 4.85. The molecular weight excluding hydrogens is 238 g/mol. The van der Waals surface area contributed by atoms with Crippen LogP contribution in [0.15, 0.2) is 10.6 Å². The molecule has 0 unspecified atom stereocenters. The van der Waals surface area contributed by atoms with E-state index in [1.165, 1.54) is 6.07 Å². The molecule has 2 N–H and O–H groups in total. The number of hydrogen-bond donors (Lipinski definition) is 2. The van der Waals surface area contributed by atoms with Gasteiger partial charge in [-0.25, -0.2) is 13.6 Å². The first kappa shape index (κ1) is 13.5. The topological polar surface area (TPSA) is 84.6 Å². The highest BCUT2D eigenvalue weighted by Crippen LogP contribution is 2.02. The highest BCUT2D eigenvalue weighted by Gasteiger charge is 2.09. The van der Waals surface area contributed by atoms with Gasteiger partial charge in [0.25, 0.3) is 6.43 Å². The summed E-state index contributed by atoms with van der Waals surface area (Å²) < 4.78 is 32.7. The number of rotatable bonds is 8. The molecule has 0 saturated heterocycles. The van der Waals surface area contributed by atoms with Gasteiger partial charge in [-0.15, -0.1) is 0 Å².